The van der Waals surface area contributed by atoms with Crippen LogP contribution in [0.1, 0.15) is 20.8 Å². The van der Waals surface area contributed by atoms with E-state index in [1.54, 1.807) is 13.8 Å². The second-order valence-electron chi connectivity index (χ2n) is 6.10. The number of nitriles is 1. The summed E-state index contributed by atoms with van der Waals surface area (Å²) in [7, 11) is -2.09. The number of amides is 1. The number of carbonyl (C=O) groups excluding carboxylic acids is 1. The van der Waals surface area contributed by atoms with Gasteiger partial charge in [-0.05, 0) is 0 Å². The van der Waals surface area contributed by atoms with E-state index < -0.39 is 67.7 Å². The Labute approximate surface area is 164 Å². The molecule has 27 heavy (non-hydrogen) atoms. The van der Waals surface area contributed by atoms with Crippen LogP contribution in [0, 0.1) is 10.2 Å². The number of nitrogens with one attached hydrogen (secondary N) is 1. The van der Waals surface area contributed by atoms with Gasteiger partial charge in [0.1, 0.15) is 0 Å². The Hall–Kier alpha value is -0.811. The first-order valence-corrected chi connectivity index (χ1v) is 11.2. The molecule has 11 nitrogen and oxygen atoms in total. The Kier molecular flexibility index (Phi) is 9.07. The first-order chi connectivity index (χ1) is 12.4. The van der Waals surface area contributed by atoms with Gasteiger partial charge in [-0.3, -0.25) is 0 Å². The predicted octanol–water partition coefficient (Wildman–Crippen LogP) is -0.578. The van der Waals surface area contributed by atoms with Crippen molar-refractivity contribution >= 4 is 31.3 Å². The van der Waals surface area contributed by atoms with E-state index in [-0.39, 0.29) is 5.32 Å². The van der Waals surface area contributed by atoms with Crippen molar-refractivity contribution in [2.45, 2.75) is 62.5 Å². The van der Waals surface area contributed by atoms with Gasteiger partial charge >= 0.3 is 164 Å². The van der Waals surface area contributed by atoms with Crippen molar-refractivity contribution in [1.29, 1.82) is 5.26 Å². The van der Waals surface area contributed by atoms with Crippen LogP contribution in [0.15, 0.2) is 0 Å². The molecule has 0 radical (unpaired) electrons. The van der Waals surface area contributed by atoms with E-state index in [4.69, 9.17) is 32.9 Å². The molecule has 2 N–H and O–H groups in total. The van der Waals surface area contributed by atoms with E-state index in [9.17, 15) is 13.2 Å². The summed E-state index contributed by atoms with van der Waals surface area (Å²) in [6.07, 6.45) is -4.14. The molecular weight excluding hydrogens is 451 g/mol. The molecule has 1 amide bonds. The third-order valence-corrected chi connectivity index (χ3v) is 5.37. The molecule has 0 unspecified atom stereocenters. The van der Waals surface area contributed by atoms with E-state index in [0.717, 1.165) is 0 Å². The van der Waals surface area contributed by atoms with Crippen molar-refractivity contribution in [3.63, 3.8) is 0 Å². The van der Waals surface area contributed by atoms with Crippen molar-refractivity contribution in [2.75, 3.05) is 14.2 Å². The van der Waals surface area contributed by atoms with Crippen LogP contribution in [-0.4, -0.2) is 84.5 Å². The average Bonchev–Trinajstić information content (AvgIpc) is 2.85. The van der Waals surface area contributed by atoms with Crippen LogP contribution in [0.4, 0.5) is 0 Å². The molecule has 0 bridgehead atoms. The maximum absolute atomic E-state index is 11.7. The SMILES string of the molecule is COC(OC)[C@H](NC(C)=O)[C@H]1OC(C)(C)O[C@@H]1[C@@H](C[Se]C#N)OS(=O)(=O)O. The number of methoxy groups -OCH3 is 2. The number of rotatable bonds is 10. The van der Waals surface area contributed by atoms with Gasteiger partial charge in [0.25, 0.3) is 0 Å². The molecule has 0 aromatic rings. The van der Waals surface area contributed by atoms with Gasteiger partial charge in [-0.1, -0.05) is 0 Å². The van der Waals surface area contributed by atoms with E-state index >= 15 is 0 Å². The van der Waals surface area contributed by atoms with E-state index in [0.29, 0.717) is 0 Å². The average molecular weight is 475 g/mol. The van der Waals surface area contributed by atoms with Crippen molar-refractivity contribution in [3.8, 4) is 4.97 Å². The summed E-state index contributed by atoms with van der Waals surface area (Å²) < 4.78 is 58.5. The van der Waals surface area contributed by atoms with E-state index in [2.05, 4.69) is 5.32 Å². The summed E-state index contributed by atoms with van der Waals surface area (Å²) in [5.74, 6) is -1.56. The summed E-state index contributed by atoms with van der Waals surface area (Å²) in [4.78, 5) is 13.6. The summed E-state index contributed by atoms with van der Waals surface area (Å²) in [5, 5.41) is 11.5. The van der Waals surface area contributed by atoms with Gasteiger partial charge in [-0.25, -0.2) is 0 Å². The molecule has 0 saturated carbocycles. The third kappa shape index (κ3) is 7.61. The van der Waals surface area contributed by atoms with Crippen LogP contribution in [0.2, 0.25) is 5.32 Å². The fraction of sp³-hybridized carbons (Fsp3) is 0.857. The number of ether oxygens (including phenoxy) is 4. The molecule has 13 heteroatoms. The standard InChI is InChI=1S/C14H24N2O9SSe/c1-8(17)16-10(13(21-4)22-5)12-11(23-14(2,3)24-12)9(6-27-7-15)25-26(18,19)20/h9-13H,6H2,1-5H3,(H,16,17)(H,18,19,20)/t9-,10-,11-,12-/m1/s1. The summed E-state index contributed by atoms with van der Waals surface area (Å²) in [5.41, 5.74) is 0. The van der Waals surface area contributed by atoms with Gasteiger partial charge in [-0.15, -0.1) is 0 Å². The normalized spacial score (nSPS) is 24.4. The van der Waals surface area contributed by atoms with Gasteiger partial charge in [-0.2, -0.15) is 0 Å². The zero-order valence-electron chi connectivity index (χ0n) is 15.6. The Morgan fingerprint density at radius 1 is 1.33 bits per heavy atom. The molecule has 1 rings (SSSR count). The van der Waals surface area contributed by atoms with Crippen LogP contribution in [0.3, 0.4) is 0 Å². The number of hydrogen-bond donors (Lipinski definition) is 2. The molecule has 0 aliphatic carbocycles. The minimum atomic E-state index is -4.82. The van der Waals surface area contributed by atoms with Gasteiger partial charge < -0.3 is 0 Å². The Morgan fingerprint density at radius 2 is 1.89 bits per heavy atom. The molecule has 4 atom stereocenters. The predicted molar refractivity (Wildman–Crippen MR) is 91.8 cm³/mol. The number of carbonyl (C=O) groups is 1. The van der Waals surface area contributed by atoms with Crippen LogP contribution in [0.25, 0.3) is 0 Å². The van der Waals surface area contributed by atoms with Crippen molar-refractivity contribution in [2.24, 2.45) is 0 Å². The fourth-order valence-corrected chi connectivity index (χ4v) is 4.49. The Morgan fingerprint density at radius 3 is 2.33 bits per heavy atom. The molecule has 0 aromatic heterocycles. The molecule has 1 aliphatic heterocycles. The monoisotopic (exact) mass is 476 g/mol. The van der Waals surface area contributed by atoms with Crippen LogP contribution in [0.5, 0.6) is 0 Å². The van der Waals surface area contributed by atoms with Crippen LogP contribution in [-0.2, 0) is 38.3 Å². The third-order valence-electron chi connectivity index (χ3n) is 3.57. The summed E-state index contributed by atoms with van der Waals surface area (Å²) in [6.45, 7) is 4.48. The van der Waals surface area contributed by atoms with Gasteiger partial charge in [0, 0.05) is 0 Å². The molecule has 156 valence electrons. The first-order valence-electron chi connectivity index (χ1n) is 7.79. The van der Waals surface area contributed by atoms with E-state index in [1.165, 1.54) is 21.1 Å². The summed E-state index contributed by atoms with van der Waals surface area (Å²) >= 11 is -0.637. The molecular formula is C14H24N2O9SSe. The maximum atomic E-state index is 11.7. The van der Waals surface area contributed by atoms with Crippen molar-refractivity contribution in [1.82, 2.24) is 5.32 Å². The number of nitrogens with zero attached hydrogens (tertiary/aromatic N) is 1. The van der Waals surface area contributed by atoms with Crippen LogP contribution < -0.4 is 5.32 Å². The quantitative estimate of drug-likeness (QED) is 0.238. The molecule has 0 spiro atoms. The van der Waals surface area contributed by atoms with Crippen LogP contribution >= 0.6 is 0 Å². The van der Waals surface area contributed by atoms with Crippen molar-refractivity contribution < 1.29 is 40.9 Å². The second kappa shape index (κ2) is 10.1. The molecule has 1 saturated heterocycles. The first kappa shape index (κ1) is 24.2. The minimum absolute atomic E-state index is 0.00131. The van der Waals surface area contributed by atoms with Gasteiger partial charge in [0.2, 0.25) is 0 Å². The molecule has 1 heterocycles. The van der Waals surface area contributed by atoms with Crippen molar-refractivity contribution in [3.05, 3.63) is 0 Å². The fourth-order valence-electron chi connectivity index (χ4n) is 2.76. The number of hydrogen-bond acceptors (Lipinski definition) is 9. The molecule has 0 aromatic carbocycles. The topological polar surface area (TPSA) is 153 Å². The molecule has 1 aliphatic rings. The molecule has 1 fully saturated rings. The summed E-state index contributed by atoms with van der Waals surface area (Å²) in [6, 6.07) is -0.883. The van der Waals surface area contributed by atoms with Gasteiger partial charge in [0.15, 0.2) is 0 Å². The second-order valence-corrected chi connectivity index (χ2v) is 8.83. The Balaban J connectivity index is 3.27. The van der Waals surface area contributed by atoms with Gasteiger partial charge in [0.05, 0.1) is 0 Å². The zero-order chi connectivity index (χ0) is 20.8. The zero-order valence-corrected chi connectivity index (χ0v) is 18.1. The Bertz CT molecular complexity index is 647. The van der Waals surface area contributed by atoms with E-state index in [1.807, 2.05) is 4.97 Å².